The van der Waals surface area contributed by atoms with E-state index in [1.807, 2.05) is 0 Å². The Morgan fingerprint density at radius 2 is 1.94 bits per heavy atom. The minimum atomic E-state index is -3.62. The predicted octanol–water partition coefficient (Wildman–Crippen LogP) is 1.42. The zero-order chi connectivity index (χ0) is 11.1. The molecule has 4 nitrogen and oxygen atoms in total. The molecule has 1 aliphatic heterocycles. The molecule has 0 radical (unpaired) electrons. The first-order valence-electron chi connectivity index (χ1n) is 4.28. The summed E-state index contributed by atoms with van der Waals surface area (Å²) in [6.45, 7) is -0.268. The number of aliphatic hydroxyl groups is 1. The van der Waals surface area contributed by atoms with Crippen molar-refractivity contribution in [1.29, 1.82) is 0 Å². The molecule has 1 heterocycles. The van der Waals surface area contributed by atoms with Gasteiger partial charge in [0, 0.05) is 0 Å². The van der Waals surface area contributed by atoms with Crippen LogP contribution in [0.3, 0.4) is 0 Å². The Bertz CT molecular complexity index is 389. The maximum atomic E-state index is 12.6. The van der Waals surface area contributed by atoms with Crippen molar-refractivity contribution in [2.24, 2.45) is 5.73 Å². The molecule has 0 saturated carbocycles. The molecule has 1 aromatic carbocycles. The molecule has 0 fully saturated rings. The van der Waals surface area contributed by atoms with E-state index in [9.17, 15) is 8.78 Å². The van der Waals surface area contributed by atoms with E-state index < -0.39 is 12.3 Å². The molecular formula is C9H10ClF2NO3. The van der Waals surface area contributed by atoms with Gasteiger partial charge in [0.1, 0.15) is 0 Å². The van der Waals surface area contributed by atoms with E-state index in [0.717, 1.165) is 0 Å². The molecule has 1 unspecified atom stereocenters. The van der Waals surface area contributed by atoms with Crippen molar-refractivity contribution in [2.75, 3.05) is 6.61 Å². The Balaban J connectivity index is 0.00000128. The molecule has 0 amide bonds. The molecule has 1 aromatic rings. The lowest BCUT2D eigenvalue weighted by molar-refractivity contribution is -0.286. The van der Waals surface area contributed by atoms with Crippen molar-refractivity contribution in [3.05, 3.63) is 23.8 Å². The van der Waals surface area contributed by atoms with Gasteiger partial charge in [-0.3, -0.25) is 0 Å². The SMILES string of the molecule is Cl.NC(CO)c1ccc2c(c1)OC(F)(F)O2. The average molecular weight is 254 g/mol. The van der Waals surface area contributed by atoms with Crippen molar-refractivity contribution >= 4 is 12.4 Å². The monoisotopic (exact) mass is 253 g/mol. The zero-order valence-corrected chi connectivity index (χ0v) is 8.84. The summed E-state index contributed by atoms with van der Waals surface area (Å²) < 4.78 is 33.7. The van der Waals surface area contributed by atoms with Crippen LogP contribution in [-0.4, -0.2) is 18.0 Å². The zero-order valence-electron chi connectivity index (χ0n) is 8.02. The van der Waals surface area contributed by atoms with Crippen LogP contribution < -0.4 is 15.2 Å². The Morgan fingerprint density at radius 3 is 2.56 bits per heavy atom. The van der Waals surface area contributed by atoms with Gasteiger partial charge in [-0.05, 0) is 17.7 Å². The van der Waals surface area contributed by atoms with Gasteiger partial charge in [-0.1, -0.05) is 6.07 Å². The van der Waals surface area contributed by atoms with Crippen LogP contribution in [0.5, 0.6) is 11.5 Å². The maximum absolute atomic E-state index is 12.6. The van der Waals surface area contributed by atoms with Crippen molar-refractivity contribution in [3.63, 3.8) is 0 Å². The lowest BCUT2D eigenvalue weighted by Crippen LogP contribution is -2.25. The van der Waals surface area contributed by atoms with Gasteiger partial charge in [0.2, 0.25) is 0 Å². The highest BCUT2D eigenvalue weighted by Crippen LogP contribution is 2.41. The van der Waals surface area contributed by atoms with Crippen molar-refractivity contribution in [3.8, 4) is 11.5 Å². The van der Waals surface area contributed by atoms with E-state index in [0.29, 0.717) is 5.56 Å². The molecule has 7 heteroatoms. The maximum Gasteiger partial charge on any atom is 0.586 e. The Kier molecular flexibility index (Phi) is 3.57. The van der Waals surface area contributed by atoms with Gasteiger partial charge in [0.15, 0.2) is 11.5 Å². The fraction of sp³-hybridized carbons (Fsp3) is 0.333. The van der Waals surface area contributed by atoms with Gasteiger partial charge in [0.05, 0.1) is 12.6 Å². The quantitative estimate of drug-likeness (QED) is 0.837. The fourth-order valence-corrected chi connectivity index (χ4v) is 1.30. The number of hydrogen-bond donors (Lipinski definition) is 2. The van der Waals surface area contributed by atoms with Crippen LogP contribution in [0.2, 0.25) is 0 Å². The highest BCUT2D eigenvalue weighted by Gasteiger charge is 2.43. The Hall–Kier alpha value is -1.11. The van der Waals surface area contributed by atoms with Crippen molar-refractivity contribution in [2.45, 2.75) is 12.3 Å². The topological polar surface area (TPSA) is 64.7 Å². The van der Waals surface area contributed by atoms with E-state index in [1.165, 1.54) is 18.2 Å². The summed E-state index contributed by atoms with van der Waals surface area (Å²) in [6, 6.07) is 3.55. The molecule has 1 aliphatic rings. The second-order valence-corrected chi connectivity index (χ2v) is 3.16. The summed E-state index contributed by atoms with van der Waals surface area (Å²) >= 11 is 0. The summed E-state index contributed by atoms with van der Waals surface area (Å²) in [4.78, 5) is 0. The summed E-state index contributed by atoms with van der Waals surface area (Å²) in [5, 5.41) is 8.79. The third-order valence-corrected chi connectivity index (χ3v) is 2.05. The van der Waals surface area contributed by atoms with E-state index in [2.05, 4.69) is 9.47 Å². The molecule has 0 aromatic heterocycles. The minimum Gasteiger partial charge on any atom is -0.395 e. The summed E-state index contributed by atoms with van der Waals surface area (Å²) in [6.07, 6.45) is -3.62. The number of nitrogens with two attached hydrogens (primary N) is 1. The third-order valence-electron chi connectivity index (χ3n) is 2.05. The lowest BCUT2D eigenvalue weighted by Gasteiger charge is -2.08. The highest BCUT2D eigenvalue weighted by molar-refractivity contribution is 5.85. The molecule has 0 aliphatic carbocycles. The van der Waals surface area contributed by atoms with Crippen LogP contribution in [-0.2, 0) is 0 Å². The molecule has 16 heavy (non-hydrogen) atoms. The largest absolute Gasteiger partial charge is 0.586 e. The summed E-state index contributed by atoms with van der Waals surface area (Å²) in [5.74, 6) is -0.102. The first kappa shape index (κ1) is 13.0. The van der Waals surface area contributed by atoms with Gasteiger partial charge >= 0.3 is 6.29 Å². The van der Waals surface area contributed by atoms with Crippen molar-refractivity contribution in [1.82, 2.24) is 0 Å². The molecule has 1 atom stereocenters. The lowest BCUT2D eigenvalue weighted by atomic mass is 10.1. The van der Waals surface area contributed by atoms with Crippen LogP contribution in [0, 0.1) is 0 Å². The van der Waals surface area contributed by atoms with Gasteiger partial charge in [-0.15, -0.1) is 21.2 Å². The Labute approximate surface area is 96.4 Å². The predicted molar refractivity (Wildman–Crippen MR) is 53.9 cm³/mol. The van der Waals surface area contributed by atoms with Crippen LogP contribution >= 0.6 is 12.4 Å². The molecule has 0 spiro atoms. The van der Waals surface area contributed by atoms with Crippen molar-refractivity contribution < 1.29 is 23.4 Å². The van der Waals surface area contributed by atoms with E-state index in [-0.39, 0.29) is 30.5 Å². The normalized spacial score (nSPS) is 17.8. The first-order valence-corrected chi connectivity index (χ1v) is 4.28. The standard InChI is InChI=1S/C9H9F2NO3.ClH/c10-9(11)14-7-2-1-5(6(12)4-13)3-8(7)15-9;/h1-3,6,13H,4,12H2;1H. The van der Waals surface area contributed by atoms with Gasteiger partial charge < -0.3 is 20.3 Å². The number of fused-ring (bicyclic) bond motifs is 1. The smallest absolute Gasteiger partial charge is 0.395 e. The van der Waals surface area contributed by atoms with Crippen LogP contribution in [0.4, 0.5) is 8.78 Å². The Morgan fingerprint density at radius 1 is 1.31 bits per heavy atom. The van der Waals surface area contributed by atoms with Gasteiger partial charge in [-0.25, -0.2) is 0 Å². The van der Waals surface area contributed by atoms with Crippen LogP contribution in [0.15, 0.2) is 18.2 Å². The van der Waals surface area contributed by atoms with E-state index >= 15 is 0 Å². The number of rotatable bonds is 2. The van der Waals surface area contributed by atoms with Crippen LogP contribution in [0.1, 0.15) is 11.6 Å². The fourth-order valence-electron chi connectivity index (χ4n) is 1.30. The van der Waals surface area contributed by atoms with E-state index in [1.54, 1.807) is 0 Å². The summed E-state index contributed by atoms with van der Waals surface area (Å²) in [7, 11) is 0. The number of halogens is 3. The molecule has 90 valence electrons. The highest BCUT2D eigenvalue weighted by atomic mass is 35.5. The second kappa shape index (κ2) is 4.40. The second-order valence-electron chi connectivity index (χ2n) is 3.16. The summed E-state index contributed by atoms with van der Waals surface area (Å²) in [5.41, 5.74) is 6.03. The average Bonchev–Trinajstić information content (AvgIpc) is 2.49. The first-order chi connectivity index (χ1) is 7.02. The number of alkyl halides is 2. The van der Waals surface area contributed by atoms with Gasteiger partial charge in [-0.2, -0.15) is 0 Å². The molecule has 2 rings (SSSR count). The molecule has 3 N–H and O–H groups in total. The molecule has 0 saturated heterocycles. The van der Waals surface area contributed by atoms with E-state index in [4.69, 9.17) is 10.8 Å². The van der Waals surface area contributed by atoms with Crippen LogP contribution in [0.25, 0.3) is 0 Å². The molecule has 0 bridgehead atoms. The van der Waals surface area contributed by atoms with Gasteiger partial charge in [0.25, 0.3) is 0 Å². The number of ether oxygens (including phenoxy) is 2. The molecular weight excluding hydrogens is 244 g/mol. The third kappa shape index (κ3) is 2.34. The number of benzene rings is 1. The number of hydrogen-bond acceptors (Lipinski definition) is 4. The minimum absolute atomic E-state index is 0. The number of aliphatic hydroxyl groups excluding tert-OH is 1.